The third kappa shape index (κ3) is 3.59. The summed E-state index contributed by atoms with van der Waals surface area (Å²) in [5, 5.41) is 0. The Hall–Kier alpha value is -0.840. The van der Waals surface area contributed by atoms with Gasteiger partial charge in [0.25, 0.3) is 0 Å². The second-order valence-corrected chi connectivity index (χ2v) is 5.65. The van der Waals surface area contributed by atoms with Gasteiger partial charge in [0.2, 0.25) is 0 Å². The zero-order valence-corrected chi connectivity index (χ0v) is 12.5. The Balaban J connectivity index is 2.06. The molecule has 1 aliphatic heterocycles. The van der Waals surface area contributed by atoms with Crippen molar-refractivity contribution in [1.82, 2.24) is 9.80 Å². The summed E-state index contributed by atoms with van der Waals surface area (Å²) in [6.45, 7) is 9.25. The highest BCUT2D eigenvalue weighted by molar-refractivity contribution is 5.20. The molecular weight excluding hydrogens is 238 g/mol. The average molecular weight is 265 g/mol. The first-order valence-electron chi connectivity index (χ1n) is 7.34. The van der Waals surface area contributed by atoms with Gasteiger partial charge in [-0.1, -0.05) is 6.92 Å². The lowest BCUT2D eigenvalue weighted by atomic mass is 10.1. The molecule has 1 aromatic heterocycles. The third-order valence-corrected chi connectivity index (χ3v) is 4.15. The fourth-order valence-electron chi connectivity index (χ4n) is 2.96. The zero-order chi connectivity index (χ0) is 13.8. The van der Waals surface area contributed by atoms with Crippen molar-refractivity contribution >= 4 is 0 Å². The van der Waals surface area contributed by atoms with Crippen molar-refractivity contribution in [2.45, 2.75) is 45.8 Å². The van der Waals surface area contributed by atoms with Crippen LogP contribution in [-0.2, 0) is 13.1 Å². The zero-order valence-electron chi connectivity index (χ0n) is 12.5. The molecular formula is C15H27N3O. The summed E-state index contributed by atoms with van der Waals surface area (Å²) >= 11 is 0. The van der Waals surface area contributed by atoms with Crippen LogP contribution < -0.4 is 5.73 Å². The summed E-state index contributed by atoms with van der Waals surface area (Å²) in [5.74, 6) is 2.03. The Morgan fingerprint density at radius 1 is 1.42 bits per heavy atom. The van der Waals surface area contributed by atoms with E-state index in [0.717, 1.165) is 36.7 Å². The maximum Gasteiger partial charge on any atom is 0.118 e. The highest BCUT2D eigenvalue weighted by atomic mass is 16.3. The van der Waals surface area contributed by atoms with Crippen molar-refractivity contribution in [3.63, 3.8) is 0 Å². The summed E-state index contributed by atoms with van der Waals surface area (Å²) in [6.07, 6.45) is 2.42. The molecule has 2 N–H and O–H groups in total. The van der Waals surface area contributed by atoms with Crippen molar-refractivity contribution in [3.8, 4) is 0 Å². The minimum Gasteiger partial charge on any atom is -0.465 e. The number of hydrogen-bond acceptors (Lipinski definition) is 4. The van der Waals surface area contributed by atoms with Crippen molar-refractivity contribution < 1.29 is 4.42 Å². The fourth-order valence-corrected chi connectivity index (χ4v) is 2.96. The fraction of sp³-hybridized carbons (Fsp3) is 0.733. The Morgan fingerprint density at radius 3 is 2.84 bits per heavy atom. The molecule has 4 nitrogen and oxygen atoms in total. The molecule has 0 spiro atoms. The highest BCUT2D eigenvalue weighted by Gasteiger charge is 2.23. The van der Waals surface area contributed by atoms with Gasteiger partial charge in [-0.3, -0.25) is 4.90 Å². The van der Waals surface area contributed by atoms with Crippen LogP contribution in [0.15, 0.2) is 10.5 Å². The molecule has 0 radical (unpaired) electrons. The number of nitrogens with zero attached hydrogens (tertiary/aromatic N) is 2. The number of nitrogens with two attached hydrogens (primary N) is 1. The number of aryl methyl sites for hydroxylation is 1. The third-order valence-electron chi connectivity index (χ3n) is 4.15. The minimum atomic E-state index is 0.565. The van der Waals surface area contributed by atoms with Gasteiger partial charge >= 0.3 is 0 Å². The maximum atomic E-state index is 5.83. The standard InChI is InChI=1S/C15H27N3O/c1-4-14-10-17(3)6-5-7-18(14)11-15-8-13(9-16)12(2)19-15/h8,14H,4-7,9-11,16H2,1-3H3. The van der Waals surface area contributed by atoms with Crippen LogP contribution in [-0.4, -0.2) is 42.5 Å². The summed E-state index contributed by atoms with van der Waals surface area (Å²) < 4.78 is 5.83. The maximum absolute atomic E-state index is 5.83. The van der Waals surface area contributed by atoms with E-state index in [1.165, 1.54) is 19.4 Å². The van der Waals surface area contributed by atoms with Crippen LogP contribution in [0.25, 0.3) is 0 Å². The van der Waals surface area contributed by atoms with Crippen molar-refractivity contribution in [2.24, 2.45) is 5.73 Å². The van der Waals surface area contributed by atoms with Gasteiger partial charge in [0, 0.05) is 31.2 Å². The lowest BCUT2D eigenvalue weighted by molar-refractivity contribution is 0.164. The molecule has 1 aromatic rings. The van der Waals surface area contributed by atoms with E-state index in [-0.39, 0.29) is 0 Å². The molecule has 1 aliphatic rings. The molecule has 2 heterocycles. The second-order valence-electron chi connectivity index (χ2n) is 5.65. The quantitative estimate of drug-likeness (QED) is 0.904. The van der Waals surface area contributed by atoms with E-state index >= 15 is 0 Å². The molecule has 108 valence electrons. The first kappa shape index (κ1) is 14.6. The monoisotopic (exact) mass is 265 g/mol. The Morgan fingerprint density at radius 2 is 2.21 bits per heavy atom. The van der Waals surface area contributed by atoms with Gasteiger partial charge < -0.3 is 15.1 Å². The van der Waals surface area contributed by atoms with Gasteiger partial charge in [-0.25, -0.2) is 0 Å². The summed E-state index contributed by atoms with van der Waals surface area (Å²) in [6, 6.07) is 2.75. The van der Waals surface area contributed by atoms with Crippen molar-refractivity contribution in [1.29, 1.82) is 0 Å². The largest absolute Gasteiger partial charge is 0.465 e. The SMILES string of the molecule is CCC1CN(C)CCCN1Cc1cc(CN)c(C)o1. The summed E-state index contributed by atoms with van der Waals surface area (Å²) in [4.78, 5) is 4.99. The van der Waals surface area contributed by atoms with Crippen LogP contribution in [0.5, 0.6) is 0 Å². The van der Waals surface area contributed by atoms with Crippen molar-refractivity contribution in [2.75, 3.05) is 26.7 Å². The molecule has 1 unspecified atom stereocenters. The van der Waals surface area contributed by atoms with Crippen molar-refractivity contribution in [3.05, 3.63) is 23.2 Å². The number of furan rings is 1. The van der Waals surface area contributed by atoms with Crippen LogP contribution in [0.1, 0.15) is 36.8 Å². The van der Waals surface area contributed by atoms with Crippen LogP contribution in [0.2, 0.25) is 0 Å². The molecule has 1 fully saturated rings. The Kier molecular flexibility index (Phi) is 5.02. The Labute approximate surface area is 116 Å². The average Bonchev–Trinajstić information content (AvgIpc) is 2.64. The van der Waals surface area contributed by atoms with E-state index in [9.17, 15) is 0 Å². The predicted octanol–water partition coefficient (Wildman–Crippen LogP) is 1.96. The van der Waals surface area contributed by atoms with E-state index in [0.29, 0.717) is 12.6 Å². The van der Waals surface area contributed by atoms with Crippen LogP contribution >= 0.6 is 0 Å². The first-order valence-corrected chi connectivity index (χ1v) is 7.34. The molecule has 19 heavy (non-hydrogen) atoms. The predicted molar refractivity (Wildman–Crippen MR) is 77.9 cm³/mol. The van der Waals surface area contributed by atoms with Gasteiger partial charge in [-0.15, -0.1) is 0 Å². The molecule has 0 saturated carbocycles. The lowest BCUT2D eigenvalue weighted by Gasteiger charge is -2.29. The second kappa shape index (κ2) is 6.55. The van der Waals surface area contributed by atoms with Gasteiger partial charge in [-0.2, -0.15) is 0 Å². The van der Waals surface area contributed by atoms with Crippen LogP contribution in [0.4, 0.5) is 0 Å². The summed E-state index contributed by atoms with van der Waals surface area (Å²) in [5.41, 5.74) is 6.85. The summed E-state index contributed by atoms with van der Waals surface area (Å²) in [7, 11) is 2.22. The normalized spacial score (nSPS) is 22.6. The molecule has 0 aromatic carbocycles. The number of hydrogen-bond donors (Lipinski definition) is 1. The van der Waals surface area contributed by atoms with E-state index in [1.54, 1.807) is 0 Å². The molecule has 1 atom stereocenters. The van der Waals surface area contributed by atoms with E-state index in [4.69, 9.17) is 10.2 Å². The van der Waals surface area contributed by atoms with Crippen LogP contribution in [0.3, 0.4) is 0 Å². The van der Waals surface area contributed by atoms with E-state index in [2.05, 4.69) is 29.8 Å². The molecule has 0 aliphatic carbocycles. The molecule has 2 rings (SSSR count). The number of likely N-dealkylation sites (N-methyl/N-ethyl adjacent to an activating group) is 1. The van der Waals surface area contributed by atoms with Gasteiger partial charge in [0.1, 0.15) is 11.5 Å². The minimum absolute atomic E-state index is 0.565. The molecule has 4 heteroatoms. The van der Waals surface area contributed by atoms with Gasteiger partial charge in [0.05, 0.1) is 6.54 Å². The van der Waals surface area contributed by atoms with E-state index < -0.39 is 0 Å². The molecule has 0 bridgehead atoms. The van der Waals surface area contributed by atoms with E-state index in [1.807, 2.05) is 6.92 Å². The topological polar surface area (TPSA) is 45.6 Å². The molecule has 0 amide bonds. The highest BCUT2D eigenvalue weighted by Crippen LogP contribution is 2.19. The first-order chi connectivity index (χ1) is 9.13. The lowest BCUT2D eigenvalue weighted by Crippen LogP contribution is -2.39. The molecule has 1 saturated heterocycles. The van der Waals surface area contributed by atoms with Gasteiger partial charge in [0.15, 0.2) is 0 Å². The smallest absolute Gasteiger partial charge is 0.118 e. The number of rotatable bonds is 4. The Bertz CT molecular complexity index is 402. The van der Waals surface area contributed by atoms with Crippen LogP contribution in [0, 0.1) is 6.92 Å². The van der Waals surface area contributed by atoms with Gasteiger partial charge in [-0.05, 0) is 39.4 Å².